The smallest absolute Gasteiger partial charge is 0.308 e. The number of carbonyl (C=O) groups excluding carboxylic acids is 1. The number of aliphatic hydroxyl groups excluding tert-OH is 1. The highest BCUT2D eigenvalue weighted by Gasteiger charge is 2.57. The molecule has 0 aromatic carbocycles. The van der Waals surface area contributed by atoms with E-state index in [-0.39, 0.29) is 36.9 Å². The van der Waals surface area contributed by atoms with Gasteiger partial charge in [-0.25, -0.2) is 0 Å². The molecule has 1 saturated carbocycles. The zero-order valence-corrected chi connectivity index (χ0v) is 19.8. The van der Waals surface area contributed by atoms with Gasteiger partial charge in [0.2, 0.25) is 0 Å². The molecule has 2 rings (SSSR count). The minimum Gasteiger partial charge on any atom is -0.465 e. The van der Waals surface area contributed by atoms with E-state index in [4.69, 9.17) is 33.5 Å². The van der Waals surface area contributed by atoms with E-state index in [0.29, 0.717) is 51.1 Å². The summed E-state index contributed by atoms with van der Waals surface area (Å²) in [4.78, 5) is 12.4. The number of halogens is 1. The number of hydrogen-bond donors (Lipinski definition) is 1. The van der Waals surface area contributed by atoms with Gasteiger partial charge in [-0.15, -0.1) is 0 Å². The van der Waals surface area contributed by atoms with Gasteiger partial charge in [0.15, 0.2) is 5.79 Å². The van der Waals surface area contributed by atoms with Crippen LogP contribution in [0.25, 0.3) is 0 Å². The quantitative estimate of drug-likeness (QED) is 0.197. The first-order chi connectivity index (χ1) is 14.6. The lowest BCUT2D eigenvalue weighted by Crippen LogP contribution is -2.36. The van der Waals surface area contributed by atoms with Crippen LogP contribution in [0.3, 0.4) is 0 Å². The highest BCUT2D eigenvalue weighted by atomic mass is 79.9. The van der Waals surface area contributed by atoms with Crippen LogP contribution in [-0.2, 0) is 33.2 Å². The van der Waals surface area contributed by atoms with Crippen LogP contribution in [0.4, 0.5) is 0 Å². The molecule has 0 bridgehead atoms. The van der Waals surface area contributed by atoms with Crippen molar-refractivity contribution in [2.75, 3.05) is 60.0 Å². The van der Waals surface area contributed by atoms with Crippen molar-refractivity contribution in [3.05, 3.63) is 0 Å². The Hall–Kier alpha value is -0.290. The molecule has 8 nitrogen and oxygen atoms in total. The number of alkyl halides is 1. The summed E-state index contributed by atoms with van der Waals surface area (Å²) in [7, 11) is 1.71. The summed E-state index contributed by atoms with van der Waals surface area (Å²) in [5, 5.41) is 8.58. The molecular weight excluding hydrogens is 460 g/mol. The number of fused-ring (bicyclic) bond motifs is 1. The van der Waals surface area contributed by atoms with Crippen molar-refractivity contribution in [1.82, 2.24) is 0 Å². The topological polar surface area (TPSA) is 92.7 Å². The molecule has 1 saturated heterocycles. The normalized spacial score (nSPS) is 29.1. The predicted octanol–water partition coefficient (Wildman–Crippen LogP) is 2.29. The Morgan fingerprint density at radius 1 is 1.17 bits per heavy atom. The Balaban J connectivity index is 1.57. The van der Waals surface area contributed by atoms with Gasteiger partial charge in [0.25, 0.3) is 0 Å². The van der Waals surface area contributed by atoms with Crippen molar-refractivity contribution in [2.45, 2.75) is 55.7 Å². The van der Waals surface area contributed by atoms with Crippen molar-refractivity contribution in [1.29, 1.82) is 0 Å². The summed E-state index contributed by atoms with van der Waals surface area (Å²) >= 11 is 3.71. The maximum absolute atomic E-state index is 12.1. The van der Waals surface area contributed by atoms with Crippen LogP contribution < -0.4 is 0 Å². The summed E-state index contributed by atoms with van der Waals surface area (Å²) in [5.41, 5.74) is 0. The molecule has 0 amide bonds. The Morgan fingerprint density at radius 2 is 1.83 bits per heavy atom. The van der Waals surface area contributed by atoms with Gasteiger partial charge in [0.05, 0.1) is 65.4 Å². The molecule has 1 N–H and O–H groups in total. The summed E-state index contributed by atoms with van der Waals surface area (Å²) in [6.07, 6.45) is 4.06. The van der Waals surface area contributed by atoms with E-state index < -0.39 is 5.79 Å². The summed E-state index contributed by atoms with van der Waals surface area (Å²) in [5.74, 6) is -0.264. The average Bonchev–Trinajstić information content (AvgIpc) is 3.29. The predicted molar refractivity (Wildman–Crippen MR) is 114 cm³/mol. The lowest BCUT2D eigenvalue weighted by atomic mass is 9.90. The Labute approximate surface area is 188 Å². The first-order valence-corrected chi connectivity index (χ1v) is 11.8. The summed E-state index contributed by atoms with van der Waals surface area (Å²) < 4.78 is 33.4. The molecular formula is C21H37BrO8. The summed E-state index contributed by atoms with van der Waals surface area (Å²) in [6, 6.07) is 0. The Kier molecular flexibility index (Phi) is 12.1. The average molecular weight is 497 g/mol. The molecule has 0 aromatic heterocycles. The van der Waals surface area contributed by atoms with Crippen LogP contribution in [0.5, 0.6) is 0 Å². The van der Waals surface area contributed by atoms with E-state index in [9.17, 15) is 4.79 Å². The number of rotatable bonds is 16. The number of carbonyl (C=O) groups is 1. The van der Waals surface area contributed by atoms with Crippen molar-refractivity contribution in [3.63, 3.8) is 0 Å². The zero-order valence-electron chi connectivity index (χ0n) is 18.2. The van der Waals surface area contributed by atoms with Crippen molar-refractivity contribution in [2.24, 2.45) is 11.8 Å². The fraction of sp³-hybridized carbons (Fsp3) is 0.952. The first kappa shape index (κ1) is 26.0. The monoisotopic (exact) mass is 496 g/mol. The fourth-order valence-corrected chi connectivity index (χ4v) is 4.55. The van der Waals surface area contributed by atoms with E-state index in [1.807, 2.05) is 0 Å². The second kappa shape index (κ2) is 14.0. The Bertz CT molecular complexity index is 494. The summed E-state index contributed by atoms with van der Waals surface area (Å²) in [6.45, 7) is 4.93. The lowest BCUT2D eigenvalue weighted by molar-refractivity contribution is -0.223. The lowest BCUT2D eigenvalue weighted by Gasteiger charge is -2.29. The van der Waals surface area contributed by atoms with Crippen LogP contribution in [0.1, 0.15) is 39.0 Å². The van der Waals surface area contributed by atoms with Crippen LogP contribution in [0, 0.1) is 11.8 Å². The molecule has 1 heterocycles. The van der Waals surface area contributed by atoms with Gasteiger partial charge in [-0.05, 0) is 19.3 Å². The highest BCUT2D eigenvalue weighted by Crippen LogP contribution is 2.52. The number of esters is 1. The van der Waals surface area contributed by atoms with Crippen LogP contribution in [-0.4, -0.2) is 87.8 Å². The Morgan fingerprint density at radius 3 is 2.47 bits per heavy atom. The second-order valence-corrected chi connectivity index (χ2v) is 8.91. The van der Waals surface area contributed by atoms with Gasteiger partial charge in [-0.2, -0.15) is 0 Å². The second-order valence-electron chi connectivity index (χ2n) is 7.73. The van der Waals surface area contributed by atoms with E-state index in [0.717, 1.165) is 25.7 Å². The minimum absolute atomic E-state index is 0.0122. The molecule has 5 unspecified atom stereocenters. The number of hydrogen-bond acceptors (Lipinski definition) is 8. The fourth-order valence-electron chi connectivity index (χ4n) is 4.22. The SMILES string of the molecule is CCC(Br)C1CC2C(COC(=O)CCOCCOCCOCCO)CCC2(OC)O1. The maximum atomic E-state index is 12.1. The van der Waals surface area contributed by atoms with E-state index >= 15 is 0 Å². The third kappa shape index (κ3) is 7.69. The van der Waals surface area contributed by atoms with Crippen LogP contribution >= 0.6 is 15.9 Å². The third-order valence-electron chi connectivity index (χ3n) is 5.86. The molecule has 0 spiro atoms. The molecule has 2 aliphatic rings. The van der Waals surface area contributed by atoms with Gasteiger partial charge in [-0.3, -0.25) is 4.79 Å². The standard InChI is InChI=1S/C21H37BrO8/c1-3-18(22)19-14-17-16(4-6-21(17,25-2)30-19)15-29-20(24)5-8-26-10-12-28-13-11-27-9-7-23/h16-19,23H,3-15H2,1-2H3. The van der Waals surface area contributed by atoms with Crippen LogP contribution in [0.2, 0.25) is 0 Å². The van der Waals surface area contributed by atoms with Gasteiger partial charge in [0, 0.05) is 30.2 Å². The van der Waals surface area contributed by atoms with Gasteiger partial charge in [-0.1, -0.05) is 22.9 Å². The largest absolute Gasteiger partial charge is 0.465 e. The molecule has 176 valence electrons. The molecule has 9 heteroatoms. The zero-order chi connectivity index (χ0) is 21.8. The molecule has 2 fully saturated rings. The number of aliphatic hydroxyl groups is 1. The minimum atomic E-state index is -0.533. The molecule has 30 heavy (non-hydrogen) atoms. The third-order valence-corrected chi connectivity index (χ3v) is 7.10. The van der Waals surface area contributed by atoms with Crippen LogP contribution in [0.15, 0.2) is 0 Å². The van der Waals surface area contributed by atoms with Gasteiger partial charge in [0.1, 0.15) is 0 Å². The molecule has 1 aliphatic heterocycles. The maximum Gasteiger partial charge on any atom is 0.308 e. The number of ether oxygens (including phenoxy) is 6. The number of methoxy groups -OCH3 is 1. The van der Waals surface area contributed by atoms with Gasteiger partial charge < -0.3 is 33.5 Å². The molecule has 1 aliphatic carbocycles. The molecule has 5 atom stereocenters. The first-order valence-electron chi connectivity index (χ1n) is 10.9. The van der Waals surface area contributed by atoms with Crippen molar-refractivity contribution < 1.29 is 38.3 Å². The van der Waals surface area contributed by atoms with Crippen molar-refractivity contribution in [3.8, 4) is 0 Å². The van der Waals surface area contributed by atoms with Crippen molar-refractivity contribution >= 4 is 21.9 Å². The van der Waals surface area contributed by atoms with E-state index in [1.165, 1.54) is 0 Å². The van der Waals surface area contributed by atoms with E-state index in [2.05, 4.69) is 22.9 Å². The van der Waals surface area contributed by atoms with E-state index in [1.54, 1.807) is 7.11 Å². The molecule has 0 radical (unpaired) electrons. The molecule has 0 aromatic rings. The highest BCUT2D eigenvalue weighted by molar-refractivity contribution is 9.09. The van der Waals surface area contributed by atoms with Gasteiger partial charge >= 0.3 is 5.97 Å².